The molecule has 0 unspecified atom stereocenters. The summed E-state index contributed by atoms with van der Waals surface area (Å²) in [7, 11) is 1.84. The van der Waals surface area contributed by atoms with Crippen molar-refractivity contribution in [3.63, 3.8) is 0 Å². The summed E-state index contributed by atoms with van der Waals surface area (Å²) in [4.78, 5) is 13.4. The van der Waals surface area contributed by atoms with E-state index in [2.05, 4.69) is 41.4 Å². The second-order valence-corrected chi connectivity index (χ2v) is 9.70. The third-order valence-corrected chi connectivity index (χ3v) is 7.48. The number of ether oxygens (including phenoxy) is 3. The summed E-state index contributed by atoms with van der Waals surface area (Å²) in [5.41, 5.74) is 5.39. The normalized spacial score (nSPS) is 17.9. The average Bonchev–Trinajstić information content (AvgIpc) is 3.61. The predicted molar refractivity (Wildman–Crippen MR) is 153 cm³/mol. The molecule has 2 aliphatic heterocycles. The lowest BCUT2D eigenvalue weighted by Crippen LogP contribution is -2.25. The van der Waals surface area contributed by atoms with Gasteiger partial charge in [-0.15, -0.1) is 0 Å². The van der Waals surface area contributed by atoms with Gasteiger partial charge in [0.05, 0.1) is 13.2 Å². The summed E-state index contributed by atoms with van der Waals surface area (Å²) in [6.07, 6.45) is 3.63. The van der Waals surface area contributed by atoms with Crippen molar-refractivity contribution in [2.45, 2.75) is 52.0 Å². The number of carbonyl (C=O) groups is 1. The van der Waals surface area contributed by atoms with E-state index in [1.165, 1.54) is 16.7 Å². The molecule has 0 bridgehead atoms. The minimum absolute atomic E-state index is 0.107. The van der Waals surface area contributed by atoms with E-state index in [-0.39, 0.29) is 18.7 Å². The minimum atomic E-state index is -0.107. The Morgan fingerprint density at radius 1 is 1.00 bits per heavy atom. The number of carbonyl (C=O) groups excluding carboxylic acids is 1. The summed E-state index contributed by atoms with van der Waals surface area (Å²) in [6, 6.07) is 18.0. The molecular formula is C32H39FN2O4. The van der Waals surface area contributed by atoms with E-state index in [0.717, 1.165) is 60.6 Å². The van der Waals surface area contributed by atoms with Crippen molar-refractivity contribution in [2.75, 3.05) is 38.9 Å². The fourth-order valence-electron chi connectivity index (χ4n) is 5.53. The molecule has 0 saturated carbocycles. The van der Waals surface area contributed by atoms with E-state index >= 15 is 0 Å². The second-order valence-electron chi connectivity index (χ2n) is 9.70. The minimum Gasteiger partial charge on any atom is -0.494 e. The maximum absolute atomic E-state index is 13.3. The molecule has 6 nitrogen and oxygen atoms in total. The van der Waals surface area contributed by atoms with Crippen molar-refractivity contribution < 1.29 is 23.4 Å². The number of likely N-dealkylation sites (tertiary alicyclic amines) is 1. The van der Waals surface area contributed by atoms with Gasteiger partial charge in [-0.2, -0.15) is 0 Å². The van der Waals surface area contributed by atoms with Gasteiger partial charge in [0.1, 0.15) is 17.9 Å². The van der Waals surface area contributed by atoms with Crippen molar-refractivity contribution in [1.82, 2.24) is 4.90 Å². The zero-order valence-corrected chi connectivity index (χ0v) is 23.3. The van der Waals surface area contributed by atoms with Crippen LogP contribution < -0.4 is 19.5 Å². The number of aryl methyl sites for hydroxylation is 1. The Morgan fingerprint density at radius 2 is 1.74 bits per heavy atom. The molecule has 1 fully saturated rings. The Balaban J connectivity index is 0.000000229. The Bertz CT molecular complexity index is 1250. The first-order chi connectivity index (χ1) is 19.0. The van der Waals surface area contributed by atoms with Crippen LogP contribution in [0.4, 0.5) is 10.1 Å². The Morgan fingerprint density at radius 3 is 2.41 bits per heavy atom. The number of hydrogen-bond donors (Lipinski definition) is 1. The van der Waals surface area contributed by atoms with E-state index in [1.54, 1.807) is 6.07 Å². The van der Waals surface area contributed by atoms with Gasteiger partial charge in [-0.1, -0.05) is 38.1 Å². The highest BCUT2D eigenvalue weighted by atomic mass is 19.1. The van der Waals surface area contributed by atoms with Gasteiger partial charge in [0.25, 0.3) is 0 Å². The fourth-order valence-corrected chi connectivity index (χ4v) is 5.53. The molecule has 0 spiro atoms. The van der Waals surface area contributed by atoms with Gasteiger partial charge in [0, 0.05) is 30.9 Å². The molecule has 208 valence electrons. The summed E-state index contributed by atoms with van der Waals surface area (Å²) >= 11 is 0. The van der Waals surface area contributed by atoms with Crippen LogP contribution >= 0.6 is 0 Å². The van der Waals surface area contributed by atoms with Crippen LogP contribution in [0, 0.1) is 5.82 Å². The number of aldehydes is 1. The molecule has 3 aromatic carbocycles. The van der Waals surface area contributed by atoms with Crippen molar-refractivity contribution in [3.8, 4) is 17.2 Å². The second kappa shape index (κ2) is 13.5. The van der Waals surface area contributed by atoms with E-state index in [9.17, 15) is 9.18 Å². The lowest BCUT2D eigenvalue weighted by atomic mass is 9.93. The van der Waals surface area contributed by atoms with E-state index in [1.807, 2.05) is 45.2 Å². The van der Waals surface area contributed by atoms with Gasteiger partial charge in [0.2, 0.25) is 6.79 Å². The van der Waals surface area contributed by atoms with Crippen LogP contribution in [0.5, 0.6) is 17.2 Å². The average molecular weight is 535 g/mol. The Hall–Kier alpha value is -3.58. The SMILES string of the molecule is CCOc1ccc([C@H]2C[C@@H](c3ccc4c(c3)OCO4)CN2CC=O)cc1.CCc1ccc(F)c(CC)c1NC. The third-order valence-electron chi connectivity index (χ3n) is 7.48. The lowest BCUT2D eigenvalue weighted by molar-refractivity contribution is -0.109. The molecule has 2 atom stereocenters. The zero-order chi connectivity index (χ0) is 27.8. The molecule has 0 aliphatic carbocycles. The number of halogens is 1. The Labute approximate surface area is 231 Å². The molecule has 1 N–H and O–H groups in total. The monoisotopic (exact) mass is 534 g/mol. The maximum Gasteiger partial charge on any atom is 0.231 e. The molecule has 39 heavy (non-hydrogen) atoms. The molecule has 2 aliphatic rings. The first kappa shape index (κ1) is 28.4. The van der Waals surface area contributed by atoms with Crippen molar-refractivity contribution in [1.29, 1.82) is 0 Å². The molecule has 1 saturated heterocycles. The number of nitrogens with zero attached hydrogens (tertiary/aromatic N) is 1. The number of hydrogen-bond acceptors (Lipinski definition) is 6. The Kier molecular flexibility index (Phi) is 9.82. The standard InChI is InChI=1S/C21H23NO4.C11H16FN/c1-2-24-18-6-3-15(4-7-18)19-11-17(13-22(19)9-10-23)16-5-8-20-21(12-16)26-14-25-20;1-4-8-6-7-10(12)9(5-2)11(8)13-3/h3-8,10,12,17,19H,2,9,11,13-14H2,1H3;6-7,13H,4-5H2,1-3H3/t17-,19-;/m1./s1. The van der Waals surface area contributed by atoms with Crippen molar-refractivity contribution >= 4 is 12.0 Å². The van der Waals surface area contributed by atoms with Gasteiger partial charge in [-0.05, 0) is 79.1 Å². The molecule has 0 radical (unpaired) electrons. The summed E-state index contributed by atoms with van der Waals surface area (Å²) in [5.74, 6) is 2.75. The number of anilines is 1. The van der Waals surface area contributed by atoms with E-state index in [4.69, 9.17) is 14.2 Å². The fraction of sp³-hybridized carbons (Fsp3) is 0.406. The third kappa shape index (κ3) is 6.53. The van der Waals surface area contributed by atoms with Crippen LogP contribution in [-0.2, 0) is 17.6 Å². The molecule has 7 heteroatoms. The largest absolute Gasteiger partial charge is 0.494 e. The highest BCUT2D eigenvalue weighted by molar-refractivity contribution is 5.58. The topological polar surface area (TPSA) is 60.0 Å². The molecule has 5 rings (SSSR count). The van der Waals surface area contributed by atoms with E-state index < -0.39 is 0 Å². The van der Waals surface area contributed by atoms with Gasteiger partial charge in [-0.3, -0.25) is 4.90 Å². The van der Waals surface area contributed by atoms with Crippen LogP contribution in [0.1, 0.15) is 61.4 Å². The number of rotatable bonds is 9. The van der Waals surface area contributed by atoms with Gasteiger partial charge in [-0.25, -0.2) is 4.39 Å². The lowest BCUT2D eigenvalue weighted by Gasteiger charge is -2.22. The summed E-state index contributed by atoms with van der Waals surface area (Å²) < 4.78 is 29.8. The van der Waals surface area contributed by atoms with Crippen LogP contribution in [0.2, 0.25) is 0 Å². The van der Waals surface area contributed by atoms with Crippen molar-refractivity contribution in [2.24, 2.45) is 0 Å². The molecule has 0 aromatic heterocycles. The number of benzene rings is 3. The maximum atomic E-state index is 13.3. The van der Waals surface area contributed by atoms with Crippen LogP contribution in [0.3, 0.4) is 0 Å². The smallest absolute Gasteiger partial charge is 0.231 e. The highest BCUT2D eigenvalue weighted by Gasteiger charge is 2.34. The molecule has 2 heterocycles. The van der Waals surface area contributed by atoms with E-state index in [0.29, 0.717) is 19.1 Å². The molecule has 3 aromatic rings. The number of nitrogens with one attached hydrogen (secondary N) is 1. The van der Waals surface area contributed by atoms with Crippen LogP contribution in [-0.4, -0.2) is 44.7 Å². The predicted octanol–water partition coefficient (Wildman–Crippen LogP) is 6.54. The summed E-state index contributed by atoms with van der Waals surface area (Å²) in [5, 5.41) is 3.07. The summed E-state index contributed by atoms with van der Waals surface area (Å²) in [6.45, 7) is 8.27. The number of fused-ring (bicyclic) bond motifs is 1. The van der Waals surface area contributed by atoms with Gasteiger partial charge in [0.15, 0.2) is 11.5 Å². The van der Waals surface area contributed by atoms with Crippen molar-refractivity contribution in [3.05, 3.63) is 82.7 Å². The highest BCUT2D eigenvalue weighted by Crippen LogP contribution is 2.43. The van der Waals surface area contributed by atoms with Crippen LogP contribution in [0.25, 0.3) is 0 Å². The molecular weight excluding hydrogens is 495 g/mol. The van der Waals surface area contributed by atoms with Gasteiger partial charge >= 0.3 is 0 Å². The quantitative estimate of drug-likeness (QED) is 0.315. The molecule has 0 amide bonds. The van der Waals surface area contributed by atoms with Crippen LogP contribution in [0.15, 0.2) is 54.6 Å². The van der Waals surface area contributed by atoms with Gasteiger partial charge < -0.3 is 24.3 Å². The first-order valence-corrected chi connectivity index (χ1v) is 13.8. The first-order valence-electron chi connectivity index (χ1n) is 13.8. The zero-order valence-electron chi connectivity index (χ0n) is 23.3.